The van der Waals surface area contributed by atoms with Gasteiger partial charge in [-0.15, -0.1) is 0 Å². The zero-order chi connectivity index (χ0) is 21.9. The third-order valence-electron chi connectivity index (χ3n) is 4.24. The van der Waals surface area contributed by atoms with Gasteiger partial charge in [-0.2, -0.15) is 5.26 Å². The highest BCUT2D eigenvalue weighted by Gasteiger charge is 2.13. The summed E-state index contributed by atoms with van der Waals surface area (Å²) in [6, 6.07) is 15.3. The molecule has 2 aromatic rings. The number of hydrogen-bond acceptors (Lipinski definition) is 5. The Labute approximate surface area is 175 Å². The highest BCUT2D eigenvalue weighted by Crippen LogP contribution is 2.13. The minimum atomic E-state index is -0.667. The number of ether oxygens (including phenoxy) is 1. The van der Waals surface area contributed by atoms with Gasteiger partial charge in [-0.05, 0) is 55.8 Å². The number of nitrogens with one attached hydrogen (secondary N) is 1. The lowest BCUT2D eigenvalue weighted by molar-refractivity contribution is -0.142. The molecule has 0 spiro atoms. The molecule has 0 saturated heterocycles. The van der Waals surface area contributed by atoms with Crippen LogP contribution in [0.1, 0.15) is 35.3 Å². The van der Waals surface area contributed by atoms with E-state index in [9.17, 15) is 14.4 Å². The molecule has 0 aliphatic heterocycles. The van der Waals surface area contributed by atoms with Crippen molar-refractivity contribution in [1.29, 1.82) is 5.26 Å². The van der Waals surface area contributed by atoms with Crippen molar-refractivity contribution in [2.45, 2.75) is 13.8 Å². The first-order chi connectivity index (χ1) is 14.5. The molecule has 0 radical (unpaired) electrons. The van der Waals surface area contributed by atoms with Crippen LogP contribution in [0, 0.1) is 11.3 Å². The van der Waals surface area contributed by atoms with Crippen LogP contribution >= 0.6 is 0 Å². The SMILES string of the molecule is CCN(CC)C(=O)c1cccc(NC(=O)COC(=O)/C=C/c2ccc(C#N)cc2)c1. The quantitative estimate of drug-likeness (QED) is 0.537. The van der Waals surface area contributed by atoms with E-state index < -0.39 is 18.5 Å². The van der Waals surface area contributed by atoms with Crippen LogP contribution in [0.5, 0.6) is 0 Å². The van der Waals surface area contributed by atoms with E-state index in [2.05, 4.69) is 5.32 Å². The van der Waals surface area contributed by atoms with Crippen molar-refractivity contribution < 1.29 is 19.1 Å². The number of amides is 2. The van der Waals surface area contributed by atoms with Crippen molar-refractivity contribution in [1.82, 2.24) is 4.90 Å². The number of carbonyl (C=O) groups is 3. The van der Waals surface area contributed by atoms with E-state index in [0.29, 0.717) is 29.9 Å². The maximum atomic E-state index is 12.4. The monoisotopic (exact) mass is 405 g/mol. The Bertz CT molecular complexity index is 971. The zero-order valence-electron chi connectivity index (χ0n) is 16.9. The molecular weight excluding hydrogens is 382 g/mol. The standard InChI is InChI=1S/C23H23N3O4/c1-3-26(4-2)23(29)19-6-5-7-20(14-19)25-21(27)16-30-22(28)13-12-17-8-10-18(15-24)11-9-17/h5-14H,3-4,16H2,1-2H3,(H,25,27)/b13-12+. The minimum Gasteiger partial charge on any atom is -0.452 e. The van der Waals surface area contributed by atoms with Crippen molar-refractivity contribution in [2.75, 3.05) is 25.0 Å². The summed E-state index contributed by atoms with van der Waals surface area (Å²) in [5, 5.41) is 11.4. The van der Waals surface area contributed by atoms with Crippen LogP contribution in [0.3, 0.4) is 0 Å². The third kappa shape index (κ3) is 6.60. The highest BCUT2D eigenvalue weighted by atomic mass is 16.5. The van der Waals surface area contributed by atoms with Crippen molar-refractivity contribution >= 4 is 29.5 Å². The average molecular weight is 405 g/mol. The second-order valence-electron chi connectivity index (χ2n) is 6.28. The van der Waals surface area contributed by atoms with E-state index in [0.717, 1.165) is 5.56 Å². The number of nitriles is 1. The summed E-state index contributed by atoms with van der Waals surface area (Å²) < 4.78 is 4.93. The van der Waals surface area contributed by atoms with Gasteiger partial charge in [0.05, 0.1) is 11.6 Å². The van der Waals surface area contributed by atoms with Gasteiger partial charge in [0.15, 0.2) is 6.61 Å². The van der Waals surface area contributed by atoms with Crippen molar-refractivity contribution in [2.24, 2.45) is 0 Å². The first-order valence-corrected chi connectivity index (χ1v) is 9.51. The van der Waals surface area contributed by atoms with Gasteiger partial charge < -0.3 is 15.0 Å². The van der Waals surface area contributed by atoms with E-state index in [-0.39, 0.29) is 5.91 Å². The second-order valence-corrected chi connectivity index (χ2v) is 6.28. The van der Waals surface area contributed by atoms with Crippen LogP contribution in [-0.2, 0) is 14.3 Å². The molecule has 0 fully saturated rings. The average Bonchev–Trinajstić information content (AvgIpc) is 2.77. The summed E-state index contributed by atoms with van der Waals surface area (Å²) in [6.07, 6.45) is 2.74. The molecule has 1 N–H and O–H groups in total. The summed E-state index contributed by atoms with van der Waals surface area (Å²) in [6.45, 7) is 4.54. The van der Waals surface area contributed by atoms with Crippen LogP contribution in [0.15, 0.2) is 54.6 Å². The third-order valence-corrected chi connectivity index (χ3v) is 4.24. The number of carbonyl (C=O) groups excluding carboxylic acids is 3. The number of anilines is 1. The lowest BCUT2D eigenvalue weighted by Gasteiger charge is -2.19. The molecule has 0 bridgehead atoms. The Morgan fingerprint density at radius 2 is 1.80 bits per heavy atom. The summed E-state index contributed by atoms with van der Waals surface area (Å²) in [5.74, 6) is -1.29. The molecule has 2 rings (SSSR count). The Morgan fingerprint density at radius 1 is 1.10 bits per heavy atom. The summed E-state index contributed by atoms with van der Waals surface area (Å²) in [5.41, 5.74) is 2.17. The molecular formula is C23H23N3O4. The number of esters is 1. The van der Waals surface area contributed by atoms with Crippen LogP contribution in [0.4, 0.5) is 5.69 Å². The minimum absolute atomic E-state index is 0.115. The maximum absolute atomic E-state index is 12.4. The first kappa shape index (κ1) is 22.4. The molecule has 7 heteroatoms. The Morgan fingerprint density at radius 3 is 2.43 bits per heavy atom. The first-order valence-electron chi connectivity index (χ1n) is 9.51. The number of benzene rings is 2. The lowest BCUT2D eigenvalue weighted by Crippen LogP contribution is -2.30. The molecule has 0 atom stereocenters. The van der Waals surface area contributed by atoms with Gasteiger partial charge in [0, 0.05) is 30.4 Å². The van der Waals surface area contributed by atoms with Crippen molar-refractivity contribution in [3.63, 3.8) is 0 Å². The molecule has 7 nitrogen and oxygen atoms in total. The normalized spacial score (nSPS) is 10.3. The summed E-state index contributed by atoms with van der Waals surface area (Å²) in [4.78, 5) is 37.9. The fraction of sp³-hybridized carbons (Fsp3) is 0.217. The van der Waals surface area contributed by atoms with E-state index in [1.165, 1.54) is 12.2 Å². The molecule has 0 aliphatic carbocycles. The number of nitrogens with zero attached hydrogens (tertiary/aromatic N) is 2. The topological polar surface area (TPSA) is 99.5 Å². The largest absolute Gasteiger partial charge is 0.452 e. The van der Waals surface area contributed by atoms with E-state index >= 15 is 0 Å². The smallest absolute Gasteiger partial charge is 0.331 e. The molecule has 0 aromatic heterocycles. The molecule has 0 heterocycles. The van der Waals surface area contributed by atoms with E-state index in [4.69, 9.17) is 10.00 Å². The molecule has 2 amide bonds. The van der Waals surface area contributed by atoms with Gasteiger partial charge >= 0.3 is 5.97 Å². The van der Waals surface area contributed by atoms with Crippen LogP contribution < -0.4 is 5.32 Å². The molecule has 0 unspecified atom stereocenters. The maximum Gasteiger partial charge on any atom is 0.331 e. The van der Waals surface area contributed by atoms with Gasteiger partial charge in [-0.1, -0.05) is 18.2 Å². The van der Waals surface area contributed by atoms with Gasteiger partial charge in [0.2, 0.25) is 0 Å². The Hall–Kier alpha value is -3.92. The van der Waals surface area contributed by atoms with Crippen LogP contribution in [-0.4, -0.2) is 42.4 Å². The Balaban J connectivity index is 1.87. The predicted molar refractivity (Wildman–Crippen MR) is 113 cm³/mol. The van der Waals surface area contributed by atoms with Gasteiger partial charge in [-0.3, -0.25) is 9.59 Å². The van der Waals surface area contributed by atoms with Crippen LogP contribution in [0.2, 0.25) is 0 Å². The highest BCUT2D eigenvalue weighted by molar-refractivity contribution is 5.98. The van der Waals surface area contributed by atoms with E-state index in [1.807, 2.05) is 19.9 Å². The van der Waals surface area contributed by atoms with Gasteiger partial charge in [0.25, 0.3) is 11.8 Å². The molecule has 2 aromatic carbocycles. The van der Waals surface area contributed by atoms with Crippen molar-refractivity contribution in [3.8, 4) is 6.07 Å². The molecule has 154 valence electrons. The molecule has 0 aliphatic rings. The van der Waals surface area contributed by atoms with Gasteiger partial charge in [-0.25, -0.2) is 4.79 Å². The second kappa shape index (κ2) is 11.2. The molecule has 30 heavy (non-hydrogen) atoms. The summed E-state index contributed by atoms with van der Waals surface area (Å²) >= 11 is 0. The predicted octanol–water partition coefficient (Wildman–Crippen LogP) is 3.24. The van der Waals surface area contributed by atoms with Gasteiger partial charge in [0.1, 0.15) is 0 Å². The lowest BCUT2D eigenvalue weighted by atomic mass is 10.1. The zero-order valence-corrected chi connectivity index (χ0v) is 16.9. The van der Waals surface area contributed by atoms with Crippen LogP contribution in [0.25, 0.3) is 6.08 Å². The molecule has 0 saturated carbocycles. The number of hydrogen-bond donors (Lipinski definition) is 1. The van der Waals surface area contributed by atoms with E-state index in [1.54, 1.807) is 53.4 Å². The Kier molecular flexibility index (Phi) is 8.33. The summed E-state index contributed by atoms with van der Waals surface area (Å²) in [7, 11) is 0. The number of rotatable bonds is 8. The fourth-order valence-corrected chi connectivity index (χ4v) is 2.64. The van der Waals surface area contributed by atoms with Crippen molar-refractivity contribution in [3.05, 3.63) is 71.3 Å². The fourth-order valence-electron chi connectivity index (χ4n) is 2.64.